The molecule has 0 bridgehead atoms. The van der Waals surface area contributed by atoms with Crippen LogP contribution in [0, 0.1) is 0 Å². The van der Waals surface area contributed by atoms with E-state index in [2.05, 4.69) is 31.0 Å². The molecule has 12 heavy (non-hydrogen) atoms. The normalized spacial score (nSPS) is 27.0. The lowest BCUT2D eigenvalue weighted by molar-refractivity contribution is -0.127. The number of amides is 1. The molecule has 1 fully saturated rings. The Labute approximate surface area is 74.1 Å². The van der Waals surface area contributed by atoms with Crippen LogP contribution in [0.3, 0.4) is 0 Å². The molecule has 70 valence electrons. The molecule has 1 N–H and O–H groups in total. The van der Waals surface area contributed by atoms with E-state index in [1.165, 1.54) is 0 Å². The van der Waals surface area contributed by atoms with Crippen LogP contribution >= 0.6 is 0 Å². The Morgan fingerprint density at radius 3 is 2.50 bits per heavy atom. The van der Waals surface area contributed by atoms with Crippen LogP contribution in [0.5, 0.6) is 0 Å². The molecule has 1 rings (SSSR count). The molecule has 0 aliphatic carbocycles. The van der Waals surface area contributed by atoms with Crippen LogP contribution in [0.1, 0.15) is 27.7 Å². The highest BCUT2D eigenvalue weighted by Gasteiger charge is 2.29. The summed E-state index contributed by atoms with van der Waals surface area (Å²) in [5, 5.41) is 2.90. The minimum atomic E-state index is 0.103. The lowest BCUT2D eigenvalue weighted by Crippen LogP contribution is -2.58. The van der Waals surface area contributed by atoms with Gasteiger partial charge in [0.1, 0.15) is 0 Å². The van der Waals surface area contributed by atoms with Gasteiger partial charge in [0.05, 0.1) is 6.54 Å². The number of piperazine rings is 1. The van der Waals surface area contributed by atoms with Crippen molar-refractivity contribution in [1.82, 2.24) is 10.2 Å². The first-order valence-electron chi connectivity index (χ1n) is 4.44. The quantitative estimate of drug-likeness (QED) is 0.577. The van der Waals surface area contributed by atoms with Gasteiger partial charge < -0.3 is 5.32 Å². The Morgan fingerprint density at radius 2 is 2.08 bits per heavy atom. The third-order valence-corrected chi connectivity index (χ3v) is 2.18. The number of nitrogens with one attached hydrogen (secondary N) is 1. The van der Waals surface area contributed by atoms with Crippen molar-refractivity contribution < 1.29 is 4.79 Å². The largest absolute Gasteiger partial charge is 0.351 e. The fourth-order valence-electron chi connectivity index (χ4n) is 1.45. The summed E-state index contributed by atoms with van der Waals surface area (Å²) in [4.78, 5) is 13.4. The zero-order valence-electron chi connectivity index (χ0n) is 8.35. The lowest BCUT2D eigenvalue weighted by Gasteiger charge is -2.40. The Kier molecular flexibility index (Phi) is 2.42. The summed E-state index contributed by atoms with van der Waals surface area (Å²) in [6.45, 7) is 9.94. The van der Waals surface area contributed by atoms with Crippen LogP contribution in [0.4, 0.5) is 0 Å². The van der Waals surface area contributed by atoms with Crippen molar-refractivity contribution in [2.24, 2.45) is 0 Å². The van der Waals surface area contributed by atoms with E-state index in [9.17, 15) is 4.79 Å². The third-order valence-electron chi connectivity index (χ3n) is 2.18. The maximum absolute atomic E-state index is 11.2. The molecule has 3 nitrogen and oxygen atoms in total. The van der Waals surface area contributed by atoms with E-state index in [1.807, 2.05) is 6.92 Å². The predicted octanol–water partition coefficient (Wildman–Crippen LogP) is 0.605. The van der Waals surface area contributed by atoms with E-state index in [-0.39, 0.29) is 17.5 Å². The smallest absolute Gasteiger partial charge is 0.234 e. The van der Waals surface area contributed by atoms with Crippen molar-refractivity contribution >= 4 is 5.91 Å². The molecule has 1 aliphatic rings. The van der Waals surface area contributed by atoms with E-state index in [1.54, 1.807) is 0 Å². The SMILES string of the molecule is C[C@H]1CN(C(C)(C)C)CC(=O)N1. The van der Waals surface area contributed by atoms with Gasteiger partial charge in [0, 0.05) is 18.1 Å². The number of hydrogen-bond acceptors (Lipinski definition) is 2. The van der Waals surface area contributed by atoms with Gasteiger partial charge in [-0.15, -0.1) is 0 Å². The molecule has 0 spiro atoms. The van der Waals surface area contributed by atoms with Gasteiger partial charge in [0.25, 0.3) is 0 Å². The molecule has 0 aromatic rings. The van der Waals surface area contributed by atoms with Gasteiger partial charge in [-0.2, -0.15) is 0 Å². The van der Waals surface area contributed by atoms with E-state index >= 15 is 0 Å². The maximum atomic E-state index is 11.2. The highest BCUT2D eigenvalue weighted by atomic mass is 16.2. The summed E-state index contributed by atoms with van der Waals surface area (Å²) in [5.74, 6) is 0.142. The Bertz CT molecular complexity index is 183. The molecule has 1 amide bonds. The first-order valence-corrected chi connectivity index (χ1v) is 4.44. The number of hydrogen-bond donors (Lipinski definition) is 1. The van der Waals surface area contributed by atoms with Crippen LogP contribution in [-0.4, -0.2) is 35.5 Å². The van der Waals surface area contributed by atoms with Gasteiger partial charge in [-0.25, -0.2) is 0 Å². The third kappa shape index (κ3) is 2.21. The van der Waals surface area contributed by atoms with Crippen molar-refractivity contribution in [1.29, 1.82) is 0 Å². The summed E-state index contributed by atoms with van der Waals surface area (Å²) < 4.78 is 0. The second-order valence-corrected chi connectivity index (χ2v) is 4.52. The first-order chi connectivity index (χ1) is 5.39. The zero-order valence-corrected chi connectivity index (χ0v) is 8.35. The first kappa shape index (κ1) is 9.52. The molecule has 3 heteroatoms. The maximum Gasteiger partial charge on any atom is 0.234 e. The predicted molar refractivity (Wildman–Crippen MR) is 48.9 cm³/mol. The average Bonchev–Trinajstić information content (AvgIpc) is 1.82. The minimum Gasteiger partial charge on any atom is -0.351 e. The van der Waals surface area contributed by atoms with E-state index in [0.717, 1.165) is 6.54 Å². The standard InChI is InChI=1S/C9H18N2O/c1-7-5-11(9(2,3)4)6-8(12)10-7/h7H,5-6H2,1-4H3,(H,10,12)/t7-/m0/s1. The van der Waals surface area contributed by atoms with Gasteiger partial charge in [0.2, 0.25) is 5.91 Å². The molecule has 1 heterocycles. The number of nitrogens with zero attached hydrogens (tertiary/aromatic N) is 1. The molecule has 1 atom stereocenters. The van der Waals surface area contributed by atoms with Crippen molar-refractivity contribution in [2.75, 3.05) is 13.1 Å². The van der Waals surface area contributed by atoms with E-state index in [0.29, 0.717) is 6.54 Å². The van der Waals surface area contributed by atoms with E-state index < -0.39 is 0 Å². The highest BCUT2D eigenvalue weighted by Crippen LogP contribution is 2.15. The number of carbonyl (C=O) groups excluding carboxylic acids is 1. The summed E-state index contributed by atoms with van der Waals surface area (Å²) in [7, 11) is 0. The van der Waals surface area contributed by atoms with Crippen LogP contribution in [0.15, 0.2) is 0 Å². The summed E-state index contributed by atoms with van der Waals surface area (Å²) in [6, 6.07) is 0.283. The molecular formula is C9H18N2O. The fourth-order valence-corrected chi connectivity index (χ4v) is 1.45. The number of carbonyl (C=O) groups is 1. The van der Waals surface area contributed by atoms with Crippen molar-refractivity contribution in [3.05, 3.63) is 0 Å². The zero-order chi connectivity index (χ0) is 9.35. The molecule has 1 aliphatic heterocycles. The van der Waals surface area contributed by atoms with Crippen LogP contribution in [0.25, 0.3) is 0 Å². The van der Waals surface area contributed by atoms with E-state index in [4.69, 9.17) is 0 Å². The summed E-state index contributed by atoms with van der Waals surface area (Å²) in [5.41, 5.74) is 0.103. The molecular weight excluding hydrogens is 152 g/mol. The second kappa shape index (κ2) is 3.05. The Morgan fingerprint density at radius 1 is 1.50 bits per heavy atom. The number of rotatable bonds is 0. The fraction of sp³-hybridized carbons (Fsp3) is 0.889. The monoisotopic (exact) mass is 170 g/mol. The van der Waals surface area contributed by atoms with Crippen molar-refractivity contribution in [2.45, 2.75) is 39.3 Å². The van der Waals surface area contributed by atoms with Crippen molar-refractivity contribution in [3.8, 4) is 0 Å². The second-order valence-electron chi connectivity index (χ2n) is 4.52. The Hall–Kier alpha value is -0.570. The van der Waals surface area contributed by atoms with Gasteiger partial charge in [0.15, 0.2) is 0 Å². The lowest BCUT2D eigenvalue weighted by atomic mass is 10.0. The molecule has 0 unspecified atom stereocenters. The van der Waals surface area contributed by atoms with Gasteiger partial charge in [-0.05, 0) is 27.7 Å². The molecule has 1 saturated heterocycles. The minimum absolute atomic E-state index is 0.103. The van der Waals surface area contributed by atoms with Gasteiger partial charge in [-0.3, -0.25) is 9.69 Å². The van der Waals surface area contributed by atoms with Crippen molar-refractivity contribution in [3.63, 3.8) is 0 Å². The average molecular weight is 170 g/mol. The molecule has 0 radical (unpaired) electrons. The van der Waals surface area contributed by atoms with Crippen LogP contribution in [-0.2, 0) is 4.79 Å². The molecule has 0 saturated carbocycles. The Balaban J connectivity index is 2.62. The topological polar surface area (TPSA) is 32.3 Å². The van der Waals surface area contributed by atoms with Gasteiger partial charge >= 0.3 is 0 Å². The van der Waals surface area contributed by atoms with Crippen LogP contribution in [0.2, 0.25) is 0 Å². The highest BCUT2D eigenvalue weighted by molar-refractivity contribution is 5.79. The summed E-state index contributed by atoms with van der Waals surface area (Å²) >= 11 is 0. The van der Waals surface area contributed by atoms with Crippen LogP contribution < -0.4 is 5.32 Å². The van der Waals surface area contributed by atoms with Gasteiger partial charge in [-0.1, -0.05) is 0 Å². The molecule has 0 aromatic carbocycles. The molecule has 0 aromatic heterocycles. The summed E-state index contributed by atoms with van der Waals surface area (Å²) in [6.07, 6.45) is 0.